The van der Waals surface area contributed by atoms with Gasteiger partial charge in [0.1, 0.15) is 5.02 Å². The highest BCUT2D eigenvalue weighted by Gasteiger charge is 2.39. The van der Waals surface area contributed by atoms with Gasteiger partial charge in [0.05, 0.1) is 15.9 Å². The molecule has 1 aliphatic carbocycles. The number of benzene rings is 3. The van der Waals surface area contributed by atoms with Gasteiger partial charge in [-0.1, -0.05) is 60.2 Å². The van der Waals surface area contributed by atoms with Crippen LogP contribution in [0, 0.1) is 16.0 Å². The van der Waals surface area contributed by atoms with Gasteiger partial charge < -0.3 is 5.32 Å². The fourth-order valence-corrected chi connectivity index (χ4v) is 6.24. The third kappa shape index (κ3) is 4.69. The minimum absolute atomic E-state index is 0.00505. The quantitative estimate of drug-likeness (QED) is 0.245. The molecule has 2 N–H and O–H groups in total. The molecule has 0 fully saturated rings. The number of anilines is 1. The van der Waals surface area contributed by atoms with Crippen molar-refractivity contribution in [2.45, 2.75) is 29.7 Å². The topological polar surface area (TPSA) is 101 Å². The molecule has 2 aliphatic rings. The highest BCUT2D eigenvalue weighted by atomic mass is 35.5. The molecule has 1 aliphatic heterocycles. The van der Waals surface area contributed by atoms with Gasteiger partial charge in [0.25, 0.3) is 5.69 Å². The molecule has 35 heavy (non-hydrogen) atoms. The zero-order chi connectivity index (χ0) is 24.6. The van der Waals surface area contributed by atoms with Gasteiger partial charge in [-0.05, 0) is 59.7 Å². The van der Waals surface area contributed by atoms with Crippen LogP contribution < -0.4 is 10.0 Å². The summed E-state index contributed by atoms with van der Waals surface area (Å²) in [5.74, 6) is 0.109. The van der Waals surface area contributed by atoms with Crippen LogP contribution in [0.5, 0.6) is 0 Å². The molecule has 0 bridgehead atoms. The lowest BCUT2D eigenvalue weighted by molar-refractivity contribution is -0.384. The first kappa shape index (κ1) is 23.5. The predicted octanol–water partition coefficient (Wildman–Crippen LogP) is 5.60. The van der Waals surface area contributed by atoms with Crippen molar-refractivity contribution < 1.29 is 13.3 Å². The molecule has 0 aromatic heterocycles. The number of nitro groups is 1. The van der Waals surface area contributed by atoms with E-state index in [2.05, 4.69) is 22.2 Å². The largest absolute Gasteiger partial charge is 0.378 e. The molecule has 3 aromatic rings. The maximum absolute atomic E-state index is 13.0. The lowest BCUT2D eigenvalue weighted by atomic mass is 9.77. The summed E-state index contributed by atoms with van der Waals surface area (Å²) in [7, 11) is -3.67. The fraction of sp³-hybridized carbons (Fsp3) is 0.231. The minimum Gasteiger partial charge on any atom is -0.378 e. The van der Waals surface area contributed by atoms with E-state index in [1.54, 1.807) is 24.3 Å². The second-order valence-corrected chi connectivity index (χ2v) is 11.0. The smallest absolute Gasteiger partial charge is 0.288 e. The summed E-state index contributed by atoms with van der Waals surface area (Å²) in [6, 6.07) is 19.6. The zero-order valence-electron chi connectivity index (χ0n) is 18.7. The van der Waals surface area contributed by atoms with Gasteiger partial charge in [-0.25, -0.2) is 13.1 Å². The third-order valence-electron chi connectivity index (χ3n) is 6.72. The van der Waals surface area contributed by atoms with E-state index in [4.69, 9.17) is 11.6 Å². The predicted molar refractivity (Wildman–Crippen MR) is 136 cm³/mol. The summed E-state index contributed by atoms with van der Waals surface area (Å²) in [4.78, 5) is 11.1. The van der Waals surface area contributed by atoms with E-state index in [-0.39, 0.29) is 33.5 Å². The number of rotatable bonds is 7. The highest BCUT2D eigenvalue weighted by molar-refractivity contribution is 7.89. The van der Waals surface area contributed by atoms with Crippen LogP contribution in [0.1, 0.15) is 35.1 Å². The van der Waals surface area contributed by atoms with E-state index in [9.17, 15) is 18.5 Å². The molecular weight excluding hydrogens is 486 g/mol. The van der Waals surface area contributed by atoms with Crippen LogP contribution in [-0.2, 0) is 16.4 Å². The van der Waals surface area contributed by atoms with Crippen LogP contribution in [0.3, 0.4) is 0 Å². The minimum atomic E-state index is -3.67. The van der Waals surface area contributed by atoms with Crippen molar-refractivity contribution in [1.29, 1.82) is 0 Å². The number of nitro benzene ring substituents is 1. The summed E-state index contributed by atoms with van der Waals surface area (Å²) in [6.45, 7) is 0.311. The second-order valence-electron chi connectivity index (χ2n) is 8.83. The zero-order valence-corrected chi connectivity index (χ0v) is 20.3. The van der Waals surface area contributed by atoms with Gasteiger partial charge in [0.2, 0.25) is 10.0 Å². The van der Waals surface area contributed by atoms with Gasteiger partial charge >= 0.3 is 0 Å². The molecule has 0 spiro atoms. The lowest BCUT2D eigenvalue weighted by Crippen LogP contribution is -2.30. The van der Waals surface area contributed by atoms with Crippen LogP contribution >= 0.6 is 11.6 Å². The number of hydrogen-bond donors (Lipinski definition) is 2. The average Bonchev–Trinajstić information content (AvgIpc) is 3.34. The van der Waals surface area contributed by atoms with Crippen molar-refractivity contribution in [3.63, 3.8) is 0 Å². The van der Waals surface area contributed by atoms with Crippen molar-refractivity contribution in [2.75, 3.05) is 11.9 Å². The molecule has 0 radical (unpaired) electrons. The van der Waals surface area contributed by atoms with Gasteiger partial charge in [-0.15, -0.1) is 0 Å². The van der Waals surface area contributed by atoms with E-state index in [1.165, 1.54) is 6.07 Å². The number of nitrogens with zero attached hydrogens (tertiary/aromatic N) is 1. The number of hydrogen-bond acceptors (Lipinski definition) is 5. The van der Waals surface area contributed by atoms with E-state index in [0.717, 1.165) is 28.8 Å². The maximum atomic E-state index is 13.0. The standard InChI is InChI=1S/C26H24ClN3O4S/c27-23-11-9-18(15-25(23)30(31)32)26-21-8-4-7-20(21)22-16-19(10-12-24(22)29-26)35(33,34)28-14-13-17-5-2-1-3-6-17/h1-7,9-12,15-16,20-21,26,28-29H,8,13-14H2. The number of nitrogens with one attached hydrogen (secondary N) is 2. The Morgan fingerprint density at radius 2 is 1.89 bits per heavy atom. The van der Waals surface area contributed by atoms with Crippen LogP contribution in [-0.4, -0.2) is 19.9 Å². The maximum Gasteiger partial charge on any atom is 0.288 e. The fourth-order valence-electron chi connectivity index (χ4n) is 4.99. The van der Waals surface area contributed by atoms with E-state index in [0.29, 0.717) is 13.0 Å². The molecule has 1 heterocycles. The highest BCUT2D eigenvalue weighted by Crippen LogP contribution is 2.50. The molecule has 0 saturated carbocycles. The van der Waals surface area contributed by atoms with Crippen LogP contribution in [0.2, 0.25) is 5.02 Å². The van der Waals surface area contributed by atoms with Crippen LogP contribution in [0.15, 0.2) is 83.8 Å². The van der Waals surface area contributed by atoms with Crippen molar-refractivity contribution in [1.82, 2.24) is 4.72 Å². The molecule has 9 heteroatoms. The molecule has 0 amide bonds. The molecule has 0 saturated heterocycles. The summed E-state index contributed by atoms with van der Waals surface area (Å²) in [6.07, 6.45) is 5.57. The Balaban J connectivity index is 1.40. The summed E-state index contributed by atoms with van der Waals surface area (Å²) < 4.78 is 28.7. The molecule has 5 rings (SSSR count). The van der Waals surface area contributed by atoms with Gasteiger partial charge in [-0.2, -0.15) is 0 Å². The Morgan fingerprint density at radius 1 is 1.09 bits per heavy atom. The molecule has 3 atom stereocenters. The number of halogens is 1. The Bertz CT molecular complexity index is 1410. The summed E-state index contributed by atoms with van der Waals surface area (Å²) in [5.41, 5.74) is 3.46. The lowest BCUT2D eigenvalue weighted by Gasteiger charge is -2.37. The SMILES string of the molecule is O=[N+]([O-])c1cc(C2Nc3ccc(S(=O)(=O)NCCc4ccccc4)cc3C3C=CCC32)ccc1Cl. The van der Waals surface area contributed by atoms with E-state index < -0.39 is 14.9 Å². The third-order valence-corrected chi connectivity index (χ3v) is 8.50. The first-order chi connectivity index (χ1) is 16.8. The van der Waals surface area contributed by atoms with Crippen LogP contribution in [0.4, 0.5) is 11.4 Å². The van der Waals surface area contributed by atoms with Crippen molar-refractivity contribution in [2.24, 2.45) is 5.92 Å². The Kier molecular flexibility index (Phi) is 6.35. The summed E-state index contributed by atoms with van der Waals surface area (Å²) >= 11 is 6.02. The Labute approximate surface area is 209 Å². The summed E-state index contributed by atoms with van der Waals surface area (Å²) in [5, 5.41) is 15.0. The monoisotopic (exact) mass is 509 g/mol. The second kappa shape index (κ2) is 9.45. The Hall–Kier alpha value is -3.20. The molecule has 3 aromatic carbocycles. The number of fused-ring (bicyclic) bond motifs is 3. The molecule has 3 unspecified atom stereocenters. The van der Waals surface area contributed by atoms with Crippen molar-refractivity contribution >= 4 is 33.0 Å². The van der Waals surface area contributed by atoms with Crippen molar-refractivity contribution in [3.8, 4) is 0 Å². The first-order valence-corrected chi connectivity index (χ1v) is 13.2. The van der Waals surface area contributed by atoms with Gasteiger partial charge in [0, 0.05) is 24.2 Å². The molecule has 7 nitrogen and oxygen atoms in total. The Morgan fingerprint density at radius 3 is 2.66 bits per heavy atom. The molecule has 180 valence electrons. The molecular formula is C26H24ClN3O4S. The first-order valence-electron chi connectivity index (χ1n) is 11.4. The normalized spacial score (nSPS) is 20.7. The number of allylic oxidation sites excluding steroid dienone is 2. The van der Waals surface area contributed by atoms with E-state index >= 15 is 0 Å². The van der Waals surface area contributed by atoms with Crippen molar-refractivity contribution in [3.05, 3.63) is 111 Å². The van der Waals surface area contributed by atoms with Gasteiger partial charge in [-0.3, -0.25) is 10.1 Å². The van der Waals surface area contributed by atoms with Gasteiger partial charge in [0.15, 0.2) is 0 Å². The van der Waals surface area contributed by atoms with Crippen LogP contribution in [0.25, 0.3) is 0 Å². The van der Waals surface area contributed by atoms with E-state index in [1.807, 2.05) is 36.4 Å². The number of sulfonamides is 1. The average molecular weight is 510 g/mol.